The number of aliphatic imine (C=N–C) groups is 1. The standard InChI is InChI=1S/C17H23N3O2.HI/c1-21-16-13-9-5-6-10-14(13)22-15(16)11-19-17(18)20-12-7-3-2-4-8-12;/h5-6,9-10,12H,2-4,7-8,11H2,1H3,(H3,18,19,20);1H. The summed E-state index contributed by atoms with van der Waals surface area (Å²) in [5.41, 5.74) is 6.80. The Hall–Kier alpha value is -1.44. The minimum Gasteiger partial charge on any atom is -0.492 e. The van der Waals surface area contributed by atoms with Crippen LogP contribution in [0, 0.1) is 0 Å². The zero-order valence-electron chi connectivity index (χ0n) is 13.4. The summed E-state index contributed by atoms with van der Waals surface area (Å²) in [6.07, 6.45) is 6.20. The number of benzene rings is 1. The molecule has 0 spiro atoms. The van der Waals surface area contributed by atoms with Gasteiger partial charge in [-0.25, -0.2) is 4.99 Å². The van der Waals surface area contributed by atoms with E-state index < -0.39 is 0 Å². The fraction of sp³-hybridized carbons (Fsp3) is 0.471. The van der Waals surface area contributed by atoms with E-state index in [0.29, 0.717) is 24.3 Å². The highest BCUT2D eigenvalue weighted by Gasteiger charge is 2.15. The van der Waals surface area contributed by atoms with Crippen molar-refractivity contribution in [3.63, 3.8) is 0 Å². The van der Waals surface area contributed by atoms with Gasteiger partial charge in [-0.15, -0.1) is 24.0 Å². The Morgan fingerprint density at radius 2 is 2.04 bits per heavy atom. The summed E-state index contributed by atoms with van der Waals surface area (Å²) < 4.78 is 11.3. The van der Waals surface area contributed by atoms with Gasteiger partial charge in [-0.2, -0.15) is 0 Å². The van der Waals surface area contributed by atoms with Crippen LogP contribution in [-0.4, -0.2) is 19.1 Å². The predicted molar refractivity (Wildman–Crippen MR) is 104 cm³/mol. The second kappa shape index (κ2) is 8.42. The van der Waals surface area contributed by atoms with Crippen LogP contribution < -0.4 is 15.8 Å². The van der Waals surface area contributed by atoms with E-state index in [1.54, 1.807) is 7.11 Å². The van der Waals surface area contributed by atoms with Crippen molar-refractivity contribution in [1.29, 1.82) is 0 Å². The number of hydrogen-bond donors (Lipinski definition) is 2. The van der Waals surface area contributed by atoms with E-state index in [-0.39, 0.29) is 24.0 Å². The highest BCUT2D eigenvalue weighted by atomic mass is 127. The molecule has 23 heavy (non-hydrogen) atoms. The Labute approximate surface area is 153 Å². The number of nitrogens with two attached hydrogens (primary N) is 1. The lowest BCUT2D eigenvalue weighted by Gasteiger charge is -2.23. The van der Waals surface area contributed by atoms with Crippen molar-refractivity contribution in [2.45, 2.75) is 44.7 Å². The van der Waals surface area contributed by atoms with Crippen LogP contribution in [0.15, 0.2) is 33.7 Å². The van der Waals surface area contributed by atoms with Crippen molar-refractivity contribution < 1.29 is 9.15 Å². The summed E-state index contributed by atoms with van der Waals surface area (Å²) in [6, 6.07) is 8.27. The molecule has 1 saturated carbocycles. The Balaban J connectivity index is 0.00000192. The van der Waals surface area contributed by atoms with Gasteiger partial charge in [0.25, 0.3) is 0 Å². The maximum atomic E-state index is 5.99. The molecule has 0 bridgehead atoms. The number of guanidine groups is 1. The first-order valence-electron chi connectivity index (χ1n) is 7.89. The molecule has 3 N–H and O–H groups in total. The SMILES string of the molecule is COc1c(CN=C(N)NC2CCCCC2)oc2ccccc12.I. The lowest BCUT2D eigenvalue weighted by atomic mass is 9.96. The number of halogens is 1. The predicted octanol–water partition coefficient (Wildman–Crippen LogP) is 3.80. The Bertz CT molecular complexity index is 663. The monoisotopic (exact) mass is 429 g/mol. The molecule has 2 aromatic rings. The van der Waals surface area contributed by atoms with Crippen LogP contribution in [0.5, 0.6) is 5.75 Å². The molecule has 0 saturated heterocycles. The lowest BCUT2D eigenvalue weighted by molar-refractivity contribution is 0.396. The van der Waals surface area contributed by atoms with Crippen LogP contribution in [0.3, 0.4) is 0 Å². The summed E-state index contributed by atoms with van der Waals surface area (Å²) in [6.45, 7) is 0.378. The third kappa shape index (κ3) is 4.31. The van der Waals surface area contributed by atoms with Crippen molar-refractivity contribution in [3.8, 4) is 5.75 Å². The van der Waals surface area contributed by atoms with Crippen molar-refractivity contribution in [2.75, 3.05) is 7.11 Å². The molecule has 0 atom stereocenters. The van der Waals surface area contributed by atoms with Gasteiger partial charge in [0.05, 0.1) is 12.5 Å². The summed E-state index contributed by atoms with van der Waals surface area (Å²) >= 11 is 0. The third-order valence-electron chi connectivity index (χ3n) is 4.17. The van der Waals surface area contributed by atoms with Gasteiger partial charge < -0.3 is 20.2 Å². The Morgan fingerprint density at radius 1 is 1.30 bits per heavy atom. The topological polar surface area (TPSA) is 72.8 Å². The van der Waals surface area contributed by atoms with E-state index in [1.165, 1.54) is 32.1 Å². The number of nitrogens with one attached hydrogen (secondary N) is 1. The molecule has 1 aromatic carbocycles. The molecular formula is C17H24IN3O2. The molecule has 0 radical (unpaired) electrons. The molecule has 6 heteroatoms. The maximum absolute atomic E-state index is 5.99. The van der Waals surface area contributed by atoms with Gasteiger partial charge in [-0.1, -0.05) is 31.4 Å². The molecule has 0 amide bonds. The molecule has 0 unspecified atom stereocenters. The highest BCUT2D eigenvalue weighted by molar-refractivity contribution is 14.0. The summed E-state index contributed by atoms with van der Waals surface area (Å²) in [5.74, 6) is 1.93. The van der Waals surface area contributed by atoms with Crippen LogP contribution in [-0.2, 0) is 6.54 Å². The van der Waals surface area contributed by atoms with Gasteiger partial charge in [-0.3, -0.25) is 0 Å². The van der Waals surface area contributed by atoms with Gasteiger partial charge >= 0.3 is 0 Å². The van der Waals surface area contributed by atoms with Crippen LogP contribution in [0.25, 0.3) is 11.0 Å². The molecular weight excluding hydrogens is 405 g/mol. The quantitative estimate of drug-likeness (QED) is 0.441. The largest absolute Gasteiger partial charge is 0.492 e. The highest BCUT2D eigenvalue weighted by Crippen LogP contribution is 2.33. The number of ether oxygens (including phenoxy) is 1. The number of rotatable bonds is 4. The number of fused-ring (bicyclic) bond motifs is 1. The average molecular weight is 429 g/mol. The summed E-state index contributed by atoms with van der Waals surface area (Å²) in [5, 5.41) is 4.27. The zero-order valence-corrected chi connectivity index (χ0v) is 15.7. The molecule has 1 aliphatic carbocycles. The number of furan rings is 1. The third-order valence-corrected chi connectivity index (χ3v) is 4.17. The molecule has 126 valence electrons. The lowest BCUT2D eigenvalue weighted by Crippen LogP contribution is -2.41. The van der Waals surface area contributed by atoms with E-state index in [4.69, 9.17) is 14.9 Å². The first-order valence-corrected chi connectivity index (χ1v) is 7.89. The number of nitrogens with zero attached hydrogens (tertiary/aromatic N) is 1. The van der Waals surface area contributed by atoms with Gasteiger partial charge in [0, 0.05) is 6.04 Å². The second-order valence-corrected chi connectivity index (χ2v) is 5.74. The molecule has 1 fully saturated rings. The first-order chi connectivity index (χ1) is 10.8. The van der Waals surface area contributed by atoms with Gasteiger partial charge in [0.15, 0.2) is 17.5 Å². The maximum Gasteiger partial charge on any atom is 0.189 e. The van der Waals surface area contributed by atoms with Crippen molar-refractivity contribution in [3.05, 3.63) is 30.0 Å². The van der Waals surface area contributed by atoms with E-state index >= 15 is 0 Å². The average Bonchev–Trinajstić information content (AvgIpc) is 2.91. The van der Waals surface area contributed by atoms with Crippen molar-refractivity contribution >= 4 is 40.9 Å². The van der Waals surface area contributed by atoms with Gasteiger partial charge in [0.1, 0.15) is 12.1 Å². The normalized spacial score (nSPS) is 16.1. The second-order valence-electron chi connectivity index (χ2n) is 5.74. The molecule has 3 rings (SSSR count). The fourth-order valence-corrected chi connectivity index (χ4v) is 3.06. The van der Waals surface area contributed by atoms with Crippen LogP contribution >= 0.6 is 24.0 Å². The minimum absolute atomic E-state index is 0. The summed E-state index contributed by atoms with van der Waals surface area (Å²) in [7, 11) is 1.65. The van der Waals surface area contributed by atoms with E-state index in [0.717, 1.165) is 16.7 Å². The van der Waals surface area contributed by atoms with Crippen molar-refractivity contribution in [1.82, 2.24) is 5.32 Å². The summed E-state index contributed by atoms with van der Waals surface area (Å²) in [4.78, 5) is 4.40. The van der Waals surface area contributed by atoms with Crippen LogP contribution in [0.2, 0.25) is 0 Å². The van der Waals surface area contributed by atoms with E-state index in [1.807, 2.05) is 24.3 Å². The van der Waals surface area contributed by atoms with Crippen LogP contribution in [0.4, 0.5) is 0 Å². The molecule has 1 heterocycles. The van der Waals surface area contributed by atoms with Gasteiger partial charge in [0.2, 0.25) is 0 Å². The first kappa shape index (κ1) is 17.9. The smallest absolute Gasteiger partial charge is 0.189 e. The van der Waals surface area contributed by atoms with E-state index in [2.05, 4.69) is 10.3 Å². The Kier molecular flexibility index (Phi) is 6.56. The van der Waals surface area contributed by atoms with E-state index in [9.17, 15) is 0 Å². The number of methoxy groups -OCH3 is 1. The molecule has 1 aliphatic rings. The minimum atomic E-state index is 0. The molecule has 5 nitrogen and oxygen atoms in total. The zero-order chi connectivity index (χ0) is 15.4. The van der Waals surface area contributed by atoms with Crippen molar-refractivity contribution in [2.24, 2.45) is 10.7 Å². The molecule has 0 aliphatic heterocycles. The number of hydrogen-bond acceptors (Lipinski definition) is 3. The molecule has 1 aromatic heterocycles. The van der Waals surface area contributed by atoms with Gasteiger partial charge in [-0.05, 0) is 25.0 Å². The van der Waals surface area contributed by atoms with Crippen LogP contribution in [0.1, 0.15) is 37.9 Å². The Morgan fingerprint density at radius 3 is 2.78 bits per heavy atom. The fourth-order valence-electron chi connectivity index (χ4n) is 3.06. The number of para-hydroxylation sites is 1.